The maximum atomic E-state index is 5.60. The average Bonchev–Trinajstić information content (AvgIpc) is 3.11. The molecule has 0 amide bonds. The molecular formula is C20H36IN5O. The summed E-state index contributed by atoms with van der Waals surface area (Å²) in [5, 5.41) is 6.92. The van der Waals surface area contributed by atoms with E-state index < -0.39 is 0 Å². The van der Waals surface area contributed by atoms with Crippen molar-refractivity contribution in [2.75, 3.05) is 45.8 Å². The molecule has 1 saturated carbocycles. The van der Waals surface area contributed by atoms with Gasteiger partial charge in [-0.15, -0.1) is 24.0 Å². The Kier molecular flexibility index (Phi) is 11.0. The van der Waals surface area contributed by atoms with E-state index in [2.05, 4.69) is 27.5 Å². The molecule has 2 rings (SSSR count). The smallest absolute Gasteiger partial charge is 0.191 e. The molecule has 0 spiro atoms. The lowest BCUT2D eigenvalue weighted by atomic mass is 9.83. The summed E-state index contributed by atoms with van der Waals surface area (Å²) in [5.74, 6) is 1.80. The second-order valence-electron chi connectivity index (χ2n) is 7.31. The fourth-order valence-electron chi connectivity index (χ4n) is 3.55. The maximum Gasteiger partial charge on any atom is 0.191 e. The van der Waals surface area contributed by atoms with Gasteiger partial charge in [-0.05, 0) is 43.7 Å². The number of nitrogens with one attached hydrogen (secondary N) is 2. The molecule has 0 bridgehead atoms. The first kappa shape index (κ1) is 23.9. The third-order valence-corrected chi connectivity index (χ3v) is 5.19. The highest BCUT2D eigenvalue weighted by Gasteiger charge is 2.33. The van der Waals surface area contributed by atoms with E-state index in [0.29, 0.717) is 12.0 Å². The van der Waals surface area contributed by atoms with Crippen LogP contribution in [0.5, 0.6) is 0 Å². The molecule has 6 nitrogen and oxygen atoms in total. The lowest BCUT2D eigenvalue weighted by Crippen LogP contribution is -2.43. The molecule has 1 aliphatic carbocycles. The average molecular weight is 489 g/mol. The van der Waals surface area contributed by atoms with Crippen LogP contribution in [0.1, 0.15) is 44.7 Å². The number of ether oxygens (including phenoxy) is 1. The second kappa shape index (κ2) is 12.4. The van der Waals surface area contributed by atoms with Gasteiger partial charge < -0.3 is 20.3 Å². The standard InChI is InChI=1S/C20H35N5O.HI/c1-5-26-14-13-20(11-6-7-12-20)16-23-19(21-2)22-15-17-9-8-10-18(24-17)25(3)4;/h8-10H,5-7,11-16H2,1-4H3,(H2,21,22,23);1H. The van der Waals surface area contributed by atoms with Crippen molar-refractivity contribution in [3.63, 3.8) is 0 Å². The van der Waals surface area contributed by atoms with Gasteiger partial charge in [0.15, 0.2) is 5.96 Å². The van der Waals surface area contributed by atoms with Gasteiger partial charge in [-0.2, -0.15) is 0 Å². The Morgan fingerprint density at radius 1 is 1.26 bits per heavy atom. The summed E-state index contributed by atoms with van der Waals surface area (Å²) < 4.78 is 5.60. The molecule has 1 heterocycles. The van der Waals surface area contributed by atoms with Crippen LogP contribution in [0.25, 0.3) is 0 Å². The number of hydrogen-bond donors (Lipinski definition) is 2. The molecule has 0 unspecified atom stereocenters. The van der Waals surface area contributed by atoms with Gasteiger partial charge in [0.25, 0.3) is 0 Å². The normalized spacial score (nSPS) is 15.9. The Labute approximate surface area is 181 Å². The highest BCUT2D eigenvalue weighted by molar-refractivity contribution is 14.0. The van der Waals surface area contributed by atoms with Crippen molar-refractivity contribution in [1.29, 1.82) is 0 Å². The number of rotatable bonds is 9. The molecule has 2 N–H and O–H groups in total. The molecule has 0 aromatic carbocycles. The Morgan fingerprint density at radius 3 is 2.63 bits per heavy atom. The number of aromatic nitrogens is 1. The van der Waals surface area contributed by atoms with Crippen LogP contribution in [-0.4, -0.2) is 51.8 Å². The van der Waals surface area contributed by atoms with Crippen molar-refractivity contribution in [2.45, 2.75) is 45.6 Å². The van der Waals surface area contributed by atoms with Gasteiger partial charge in [-0.3, -0.25) is 4.99 Å². The van der Waals surface area contributed by atoms with E-state index in [1.54, 1.807) is 0 Å². The number of anilines is 1. The SMILES string of the molecule is CCOCCC1(CNC(=NC)NCc2cccc(N(C)C)n2)CCCC1.I. The van der Waals surface area contributed by atoms with Crippen molar-refractivity contribution >= 4 is 35.8 Å². The zero-order chi connectivity index (χ0) is 18.8. The Morgan fingerprint density at radius 2 is 2.00 bits per heavy atom. The molecule has 27 heavy (non-hydrogen) atoms. The zero-order valence-corrected chi connectivity index (χ0v) is 19.6. The maximum absolute atomic E-state index is 5.60. The van der Waals surface area contributed by atoms with Gasteiger partial charge in [-0.1, -0.05) is 18.9 Å². The lowest BCUT2D eigenvalue weighted by Gasteiger charge is -2.30. The number of hydrogen-bond acceptors (Lipinski definition) is 4. The molecule has 1 fully saturated rings. The highest BCUT2D eigenvalue weighted by Crippen LogP contribution is 2.40. The van der Waals surface area contributed by atoms with E-state index in [0.717, 1.165) is 43.7 Å². The van der Waals surface area contributed by atoms with Gasteiger partial charge >= 0.3 is 0 Å². The largest absolute Gasteiger partial charge is 0.382 e. The van der Waals surface area contributed by atoms with Crippen LogP contribution in [0.2, 0.25) is 0 Å². The number of nitrogens with zero attached hydrogens (tertiary/aromatic N) is 3. The lowest BCUT2D eigenvalue weighted by molar-refractivity contribution is 0.105. The minimum absolute atomic E-state index is 0. The molecule has 1 aliphatic rings. The van der Waals surface area contributed by atoms with Crippen LogP contribution < -0.4 is 15.5 Å². The van der Waals surface area contributed by atoms with Crippen molar-refractivity contribution in [3.05, 3.63) is 23.9 Å². The molecule has 7 heteroatoms. The number of halogens is 1. The summed E-state index contributed by atoms with van der Waals surface area (Å²) in [5.41, 5.74) is 1.35. The quantitative estimate of drug-likeness (QED) is 0.241. The topological polar surface area (TPSA) is 61.8 Å². The van der Waals surface area contributed by atoms with Gasteiger partial charge in [-0.25, -0.2) is 4.98 Å². The van der Waals surface area contributed by atoms with Crippen LogP contribution in [0.3, 0.4) is 0 Å². The fourth-order valence-corrected chi connectivity index (χ4v) is 3.55. The zero-order valence-electron chi connectivity index (χ0n) is 17.3. The van der Waals surface area contributed by atoms with Crippen LogP contribution in [-0.2, 0) is 11.3 Å². The minimum atomic E-state index is 0. The summed E-state index contributed by atoms with van der Waals surface area (Å²) >= 11 is 0. The summed E-state index contributed by atoms with van der Waals surface area (Å²) in [7, 11) is 5.83. The van der Waals surface area contributed by atoms with Crippen LogP contribution in [0.4, 0.5) is 5.82 Å². The van der Waals surface area contributed by atoms with E-state index >= 15 is 0 Å². The monoisotopic (exact) mass is 489 g/mol. The summed E-state index contributed by atoms with van der Waals surface area (Å²) in [6.07, 6.45) is 6.31. The molecule has 1 aromatic heterocycles. The Balaban J connectivity index is 0.00000364. The fraction of sp³-hybridized carbons (Fsp3) is 0.700. The van der Waals surface area contributed by atoms with Crippen molar-refractivity contribution in [1.82, 2.24) is 15.6 Å². The first-order valence-corrected chi connectivity index (χ1v) is 9.74. The van der Waals surface area contributed by atoms with Gasteiger partial charge in [0.05, 0.1) is 12.2 Å². The summed E-state index contributed by atoms with van der Waals surface area (Å²) in [6, 6.07) is 6.09. The first-order chi connectivity index (χ1) is 12.6. The Hall–Kier alpha value is -1.09. The van der Waals surface area contributed by atoms with Crippen LogP contribution in [0.15, 0.2) is 23.2 Å². The first-order valence-electron chi connectivity index (χ1n) is 9.74. The number of pyridine rings is 1. The highest BCUT2D eigenvalue weighted by atomic mass is 127. The molecule has 0 aliphatic heterocycles. The van der Waals surface area contributed by atoms with E-state index in [1.165, 1.54) is 25.7 Å². The third-order valence-electron chi connectivity index (χ3n) is 5.19. The molecule has 0 saturated heterocycles. The summed E-state index contributed by atoms with van der Waals surface area (Å²) in [4.78, 5) is 11.0. The predicted molar refractivity (Wildman–Crippen MR) is 124 cm³/mol. The summed E-state index contributed by atoms with van der Waals surface area (Å²) in [6.45, 7) is 5.32. The van der Waals surface area contributed by atoms with Gasteiger partial charge in [0, 0.05) is 40.9 Å². The second-order valence-corrected chi connectivity index (χ2v) is 7.31. The molecule has 0 radical (unpaired) electrons. The van der Waals surface area contributed by atoms with Gasteiger partial charge in [0.1, 0.15) is 5.82 Å². The van der Waals surface area contributed by atoms with Gasteiger partial charge in [0.2, 0.25) is 0 Å². The van der Waals surface area contributed by atoms with Crippen molar-refractivity contribution < 1.29 is 4.74 Å². The predicted octanol–water partition coefficient (Wildman–Crippen LogP) is 3.42. The number of aliphatic imine (C=N–C) groups is 1. The van der Waals surface area contributed by atoms with E-state index in [4.69, 9.17) is 4.74 Å². The van der Waals surface area contributed by atoms with Crippen LogP contribution in [0, 0.1) is 5.41 Å². The molecule has 1 aromatic rings. The minimum Gasteiger partial charge on any atom is -0.382 e. The van der Waals surface area contributed by atoms with Crippen LogP contribution >= 0.6 is 24.0 Å². The van der Waals surface area contributed by atoms with E-state index in [9.17, 15) is 0 Å². The molecule has 0 atom stereocenters. The third kappa shape index (κ3) is 7.81. The molecule has 154 valence electrons. The van der Waals surface area contributed by atoms with Crippen molar-refractivity contribution in [3.8, 4) is 0 Å². The van der Waals surface area contributed by atoms with Crippen molar-refractivity contribution in [2.24, 2.45) is 10.4 Å². The molecular weight excluding hydrogens is 453 g/mol. The number of guanidine groups is 1. The van der Waals surface area contributed by atoms with E-state index in [-0.39, 0.29) is 24.0 Å². The van der Waals surface area contributed by atoms with E-state index in [1.807, 2.05) is 44.2 Å². The Bertz CT molecular complexity index is 573.